The van der Waals surface area contributed by atoms with Crippen LogP contribution in [0.3, 0.4) is 0 Å². The minimum atomic E-state index is -0.333. The Hall–Kier alpha value is -1.71. The smallest absolute Gasteiger partial charge is 0.166 e. The number of ketones is 1. The third-order valence-corrected chi connectivity index (χ3v) is 2.09. The molecule has 0 fully saturated rings. The molecule has 0 aromatic heterocycles. The zero-order chi connectivity index (χ0) is 11.6. The summed E-state index contributed by atoms with van der Waals surface area (Å²) in [5, 5.41) is 18.7. The predicted octanol–water partition coefficient (Wildman–Crippen LogP) is 1.91. The number of carbonyl (C=O) groups excluding carboxylic acids is 1. The van der Waals surface area contributed by atoms with Gasteiger partial charge in [-0.2, -0.15) is 0 Å². The van der Waals surface area contributed by atoms with Gasteiger partial charge < -0.3 is 15.9 Å². The van der Waals surface area contributed by atoms with Crippen LogP contribution in [0.15, 0.2) is 12.1 Å². The van der Waals surface area contributed by atoms with Gasteiger partial charge in [-0.1, -0.05) is 13.8 Å². The first kappa shape index (κ1) is 11.4. The molecule has 4 N–H and O–H groups in total. The zero-order valence-electron chi connectivity index (χ0n) is 8.82. The van der Waals surface area contributed by atoms with Crippen LogP contribution in [0.1, 0.15) is 30.6 Å². The molecule has 15 heavy (non-hydrogen) atoms. The maximum atomic E-state index is 11.6. The summed E-state index contributed by atoms with van der Waals surface area (Å²) in [6, 6.07) is 2.69. The van der Waals surface area contributed by atoms with Gasteiger partial charge in [-0.25, -0.2) is 0 Å². The van der Waals surface area contributed by atoms with E-state index in [1.54, 1.807) is 0 Å². The van der Waals surface area contributed by atoms with Crippen molar-refractivity contribution in [3.63, 3.8) is 0 Å². The number of nitrogen functional groups attached to an aromatic ring is 1. The number of benzene rings is 1. The van der Waals surface area contributed by atoms with E-state index in [0.717, 1.165) is 0 Å². The number of hydrogen-bond donors (Lipinski definition) is 3. The van der Waals surface area contributed by atoms with E-state index >= 15 is 0 Å². The molecule has 1 aromatic carbocycles. The first-order valence-electron chi connectivity index (χ1n) is 4.77. The molecule has 0 aliphatic heterocycles. The summed E-state index contributed by atoms with van der Waals surface area (Å²) in [4.78, 5) is 11.6. The number of hydrogen-bond acceptors (Lipinski definition) is 4. The van der Waals surface area contributed by atoms with Gasteiger partial charge in [0.1, 0.15) is 11.4 Å². The van der Waals surface area contributed by atoms with Crippen molar-refractivity contribution in [1.29, 1.82) is 0 Å². The molecule has 0 atom stereocenters. The van der Waals surface area contributed by atoms with Crippen molar-refractivity contribution < 1.29 is 15.0 Å². The Balaban J connectivity index is 3.06. The van der Waals surface area contributed by atoms with Gasteiger partial charge >= 0.3 is 0 Å². The Morgan fingerprint density at radius 1 is 1.40 bits per heavy atom. The largest absolute Gasteiger partial charge is 0.506 e. The lowest BCUT2D eigenvalue weighted by molar-refractivity contribution is 0.0965. The standard InChI is InChI=1S/C11H15NO3/c1-6(2)5-9(14)7-3-4-8(13)10(12)11(7)15/h3-4,6,13,15H,5,12H2,1-2H3. The number of anilines is 1. The molecule has 0 saturated heterocycles. The quantitative estimate of drug-likeness (QED) is 0.403. The van der Waals surface area contributed by atoms with Crippen molar-refractivity contribution >= 4 is 11.5 Å². The Morgan fingerprint density at radius 3 is 2.53 bits per heavy atom. The molecular weight excluding hydrogens is 194 g/mol. The molecule has 82 valence electrons. The molecule has 4 nitrogen and oxygen atoms in total. The highest BCUT2D eigenvalue weighted by Gasteiger charge is 2.16. The van der Waals surface area contributed by atoms with Crippen LogP contribution >= 0.6 is 0 Å². The normalized spacial score (nSPS) is 10.6. The Morgan fingerprint density at radius 2 is 2.00 bits per heavy atom. The summed E-state index contributed by atoms with van der Waals surface area (Å²) in [7, 11) is 0. The molecule has 0 aliphatic carbocycles. The summed E-state index contributed by atoms with van der Waals surface area (Å²) in [5.74, 6) is -0.504. The van der Waals surface area contributed by atoms with Crippen molar-refractivity contribution in [3.05, 3.63) is 17.7 Å². The molecule has 4 heteroatoms. The molecule has 1 rings (SSSR count). The number of carbonyl (C=O) groups is 1. The second-order valence-electron chi connectivity index (χ2n) is 3.92. The van der Waals surface area contributed by atoms with Crippen LogP contribution in [0.5, 0.6) is 11.5 Å². The van der Waals surface area contributed by atoms with Gasteiger partial charge in [-0.05, 0) is 18.1 Å². The average molecular weight is 209 g/mol. The molecule has 0 saturated carbocycles. The first-order valence-corrected chi connectivity index (χ1v) is 4.77. The maximum Gasteiger partial charge on any atom is 0.166 e. The Bertz CT molecular complexity index is 386. The molecule has 0 spiro atoms. The van der Waals surface area contributed by atoms with E-state index in [1.165, 1.54) is 12.1 Å². The van der Waals surface area contributed by atoms with E-state index in [1.807, 2.05) is 13.8 Å². The van der Waals surface area contributed by atoms with E-state index in [0.29, 0.717) is 6.42 Å². The van der Waals surface area contributed by atoms with Crippen molar-refractivity contribution in [1.82, 2.24) is 0 Å². The summed E-state index contributed by atoms with van der Waals surface area (Å²) in [6.07, 6.45) is 0.345. The molecular formula is C11H15NO3. The number of aromatic hydroxyl groups is 2. The highest BCUT2D eigenvalue weighted by Crippen LogP contribution is 2.33. The second kappa shape index (κ2) is 4.21. The van der Waals surface area contributed by atoms with Gasteiger partial charge in [0.15, 0.2) is 11.5 Å². The molecule has 0 amide bonds. The van der Waals surface area contributed by atoms with Gasteiger partial charge in [-0.15, -0.1) is 0 Å². The number of nitrogens with two attached hydrogens (primary N) is 1. The van der Waals surface area contributed by atoms with Crippen molar-refractivity contribution in [2.24, 2.45) is 5.92 Å². The van der Waals surface area contributed by atoms with Gasteiger partial charge in [-0.3, -0.25) is 4.79 Å². The number of phenolic OH excluding ortho intramolecular Hbond substituents is 2. The van der Waals surface area contributed by atoms with Crippen LogP contribution in [0.4, 0.5) is 5.69 Å². The molecule has 0 aliphatic rings. The van der Waals surface area contributed by atoms with Crippen molar-refractivity contribution in [2.45, 2.75) is 20.3 Å². The highest BCUT2D eigenvalue weighted by molar-refractivity contribution is 6.00. The van der Waals surface area contributed by atoms with E-state index in [2.05, 4.69) is 0 Å². The Labute approximate surface area is 88.3 Å². The SMILES string of the molecule is CC(C)CC(=O)c1ccc(O)c(N)c1O. The second-order valence-corrected chi connectivity index (χ2v) is 3.92. The lowest BCUT2D eigenvalue weighted by Gasteiger charge is -2.08. The minimum Gasteiger partial charge on any atom is -0.506 e. The van der Waals surface area contributed by atoms with Crippen LogP contribution in [0, 0.1) is 5.92 Å². The van der Waals surface area contributed by atoms with Crippen LogP contribution < -0.4 is 5.73 Å². The fourth-order valence-electron chi connectivity index (χ4n) is 1.30. The third kappa shape index (κ3) is 2.40. The monoisotopic (exact) mass is 209 g/mol. The summed E-state index contributed by atoms with van der Waals surface area (Å²) in [6.45, 7) is 3.83. The van der Waals surface area contributed by atoms with Crippen LogP contribution in [0.25, 0.3) is 0 Å². The average Bonchev–Trinajstić information content (AvgIpc) is 2.13. The lowest BCUT2D eigenvalue weighted by Crippen LogP contribution is -2.04. The van der Waals surface area contributed by atoms with E-state index in [4.69, 9.17) is 5.73 Å². The van der Waals surface area contributed by atoms with E-state index in [9.17, 15) is 15.0 Å². The molecule has 0 heterocycles. The minimum absolute atomic E-state index is 0.149. The first-order chi connectivity index (χ1) is 6.93. The molecule has 0 radical (unpaired) electrons. The molecule has 0 unspecified atom stereocenters. The Kier molecular flexibility index (Phi) is 3.19. The third-order valence-electron chi connectivity index (χ3n) is 2.09. The van der Waals surface area contributed by atoms with E-state index < -0.39 is 0 Å². The summed E-state index contributed by atoms with van der Waals surface area (Å²) >= 11 is 0. The summed E-state index contributed by atoms with van der Waals surface area (Å²) in [5.41, 5.74) is 5.42. The van der Waals surface area contributed by atoms with Gasteiger partial charge in [0.25, 0.3) is 0 Å². The van der Waals surface area contributed by atoms with Gasteiger partial charge in [0, 0.05) is 6.42 Å². The van der Waals surface area contributed by atoms with Crippen molar-refractivity contribution in [3.8, 4) is 11.5 Å². The fraction of sp³-hybridized carbons (Fsp3) is 0.364. The lowest BCUT2D eigenvalue weighted by atomic mass is 10.00. The van der Waals surface area contributed by atoms with Crippen LogP contribution in [-0.2, 0) is 0 Å². The van der Waals surface area contributed by atoms with Crippen LogP contribution in [-0.4, -0.2) is 16.0 Å². The highest BCUT2D eigenvalue weighted by atomic mass is 16.3. The number of Topliss-reactive ketones (excluding diaryl/α,β-unsaturated/α-hetero) is 1. The molecule has 1 aromatic rings. The van der Waals surface area contributed by atoms with E-state index in [-0.39, 0.29) is 34.5 Å². The maximum absolute atomic E-state index is 11.6. The fourth-order valence-corrected chi connectivity index (χ4v) is 1.30. The van der Waals surface area contributed by atoms with Gasteiger partial charge in [0.2, 0.25) is 0 Å². The number of rotatable bonds is 3. The van der Waals surface area contributed by atoms with Gasteiger partial charge in [0.05, 0.1) is 5.56 Å². The number of phenols is 2. The molecule has 0 bridgehead atoms. The predicted molar refractivity (Wildman–Crippen MR) is 58.0 cm³/mol. The summed E-state index contributed by atoms with van der Waals surface area (Å²) < 4.78 is 0. The topological polar surface area (TPSA) is 83.5 Å². The zero-order valence-corrected chi connectivity index (χ0v) is 8.82. The van der Waals surface area contributed by atoms with Crippen molar-refractivity contribution in [2.75, 3.05) is 5.73 Å². The van der Waals surface area contributed by atoms with Crippen LogP contribution in [0.2, 0.25) is 0 Å².